The van der Waals surface area contributed by atoms with E-state index in [1.165, 1.54) is 0 Å². The van der Waals surface area contributed by atoms with Gasteiger partial charge in [0.25, 0.3) is 0 Å². The van der Waals surface area contributed by atoms with E-state index in [2.05, 4.69) is 39.5 Å². The van der Waals surface area contributed by atoms with Gasteiger partial charge in [-0.25, -0.2) is 28.8 Å². The molecule has 12 nitrogen and oxygen atoms in total. The maximum atomic E-state index is 12.7. The first kappa shape index (κ1) is 99.4. The summed E-state index contributed by atoms with van der Waals surface area (Å²) in [5.41, 5.74) is -3.83. The first-order valence-electron chi connectivity index (χ1n) is 39.6. The number of esters is 6. The number of fused-ring (bicyclic) bond motifs is 6. The number of benzene rings is 6. The van der Waals surface area contributed by atoms with Crippen LogP contribution in [0.1, 0.15) is 205 Å². The van der Waals surface area contributed by atoms with Crippen LogP contribution >= 0.6 is 0 Å². The Morgan fingerprint density at radius 3 is 0.756 bits per heavy atom. The molecule has 6 atom stereocenters. The average Bonchev–Trinajstić information content (AvgIpc) is 1.26. The molecule has 12 rings (SSSR count). The lowest BCUT2D eigenvalue weighted by Crippen LogP contribution is -2.38. The zero-order valence-corrected chi connectivity index (χ0v) is 68.7. The molecule has 0 radical (unpaired) electrons. The summed E-state index contributed by atoms with van der Waals surface area (Å²) >= 11 is 0. The van der Waals surface area contributed by atoms with E-state index in [0.29, 0.717) is 96.3 Å². The second kappa shape index (κ2) is 39.9. The van der Waals surface area contributed by atoms with Gasteiger partial charge in [-0.15, -0.1) is 0 Å². The molecule has 0 fully saturated rings. The molecule has 666 valence electrons. The van der Waals surface area contributed by atoms with E-state index in [0.717, 1.165) is 105 Å². The van der Waals surface area contributed by atoms with Crippen LogP contribution in [0.15, 0.2) is 219 Å². The molecule has 6 aliphatic rings. The van der Waals surface area contributed by atoms with E-state index in [1.807, 2.05) is 118 Å². The van der Waals surface area contributed by atoms with E-state index < -0.39 is 140 Å². The van der Waals surface area contributed by atoms with Crippen LogP contribution in [0.4, 0.5) is 79.0 Å². The standard InChI is InChI=1S/C17H19F3O2.2C16H17F3O2.2C15H15F3O2.C14H13F3O2/c1-3-10-16(22-15(21)12(2)17(18,19)20)11-6-8-13-7-4-5-9-14(13)16;1-3-15(21-14(20)11(2)16(17,18)19)10-6-8-12-7-4-5-9-13(12)15;1-3-9-15(21-14(20)11(2)16(17,18)19)10-8-12-6-4-5-7-13(12)15;1-10(15(16,17)18)13(19)20-14(2)9-5-7-11-6-3-4-8-12(11)14;1-3-14(20-13(19)10(2)15(16,17)18)9-8-11-6-4-5-7-12(11)14;1-9(14(15,16)17)12(18)19-13(2)8-7-10-5-3-4-6-11(10)13/h4-5,7,9H,2-3,6,8,10-11H2,1H3;4-5,7,9H,2-3,6,8,10H2,1H3;4-7H,2-3,8-10H2,1H3;3-4,6,8H,1,5,7,9H2,2H3;4-7H,2-3,8-9H2,1H3;3-6H,1,7-8H2,2H3. The Balaban J connectivity index is 0.000000203. The number of rotatable bonds is 18. The van der Waals surface area contributed by atoms with Crippen molar-refractivity contribution in [3.05, 3.63) is 285 Å². The average molecular weight is 1750 g/mol. The van der Waals surface area contributed by atoms with E-state index in [1.54, 1.807) is 69.3 Å². The van der Waals surface area contributed by atoms with Gasteiger partial charge in [0.15, 0.2) is 0 Å². The number of halogens is 18. The molecule has 0 aromatic heterocycles. The zero-order valence-electron chi connectivity index (χ0n) is 68.7. The third-order valence-corrected chi connectivity index (χ3v) is 22.6. The summed E-state index contributed by atoms with van der Waals surface area (Å²) in [6, 6.07) is 44.3. The van der Waals surface area contributed by atoms with Crippen LogP contribution in [0.25, 0.3) is 0 Å². The summed E-state index contributed by atoms with van der Waals surface area (Å²) in [5.74, 6) is -8.36. The third-order valence-electron chi connectivity index (χ3n) is 22.6. The topological polar surface area (TPSA) is 158 Å². The van der Waals surface area contributed by atoms with E-state index in [-0.39, 0.29) is 0 Å². The highest BCUT2D eigenvalue weighted by atomic mass is 19.4. The molecule has 0 N–H and O–H groups in total. The molecule has 0 aliphatic heterocycles. The molecule has 0 bridgehead atoms. The second-order valence-corrected chi connectivity index (χ2v) is 30.8. The fourth-order valence-corrected chi connectivity index (χ4v) is 16.0. The predicted octanol–water partition coefficient (Wildman–Crippen LogP) is 24.6. The highest BCUT2D eigenvalue weighted by Gasteiger charge is 2.52. The van der Waals surface area contributed by atoms with Crippen molar-refractivity contribution in [2.24, 2.45) is 0 Å². The van der Waals surface area contributed by atoms with Gasteiger partial charge in [0.2, 0.25) is 0 Å². The van der Waals surface area contributed by atoms with Gasteiger partial charge in [0.05, 0.1) is 0 Å². The maximum Gasteiger partial charge on any atom is 0.422 e. The maximum absolute atomic E-state index is 12.7. The van der Waals surface area contributed by atoms with Gasteiger partial charge in [-0.3, -0.25) is 0 Å². The molecule has 123 heavy (non-hydrogen) atoms. The van der Waals surface area contributed by atoms with E-state index >= 15 is 0 Å². The number of hydrogen-bond donors (Lipinski definition) is 0. The first-order valence-corrected chi connectivity index (χ1v) is 39.6. The molecule has 0 saturated carbocycles. The van der Waals surface area contributed by atoms with Gasteiger partial charge < -0.3 is 28.4 Å². The van der Waals surface area contributed by atoms with Crippen molar-refractivity contribution in [3.8, 4) is 0 Å². The number of hydrogen-bond acceptors (Lipinski definition) is 12. The molecular formula is C93H96F18O12. The lowest BCUT2D eigenvalue weighted by atomic mass is 9.76. The summed E-state index contributed by atoms with van der Waals surface area (Å²) in [6.45, 7) is 27.5. The van der Waals surface area contributed by atoms with Gasteiger partial charge >= 0.3 is 72.9 Å². The zero-order chi connectivity index (χ0) is 91.9. The van der Waals surface area contributed by atoms with Gasteiger partial charge in [-0.05, 0) is 203 Å². The van der Waals surface area contributed by atoms with Crippen LogP contribution in [-0.4, -0.2) is 72.9 Å². The normalized spacial score (nSPS) is 21.5. The van der Waals surface area contributed by atoms with Crippen molar-refractivity contribution in [1.82, 2.24) is 0 Å². The molecule has 0 saturated heterocycles. The Hall–Kier alpha value is -10.7. The smallest absolute Gasteiger partial charge is 0.422 e. The highest BCUT2D eigenvalue weighted by Crippen LogP contribution is 2.50. The lowest BCUT2D eigenvalue weighted by Gasteiger charge is -2.38. The molecule has 6 aromatic rings. The molecule has 30 heteroatoms. The Morgan fingerprint density at radius 1 is 0.268 bits per heavy atom. The number of carbonyl (C=O) groups is 6. The fourth-order valence-electron chi connectivity index (χ4n) is 16.0. The number of aryl methyl sites for hydroxylation is 6. The van der Waals surface area contributed by atoms with Crippen LogP contribution in [-0.2, 0) is 129 Å². The van der Waals surface area contributed by atoms with Crippen molar-refractivity contribution < 1.29 is 136 Å². The van der Waals surface area contributed by atoms with Crippen molar-refractivity contribution in [2.75, 3.05) is 0 Å². The molecule has 6 aromatic carbocycles. The highest BCUT2D eigenvalue weighted by molar-refractivity contribution is 5.92. The molecule has 0 spiro atoms. The van der Waals surface area contributed by atoms with Crippen molar-refractivity contribution in [2.45, 2.75) is 247 Å². The lowest BCUT2D eigenvalue weighted by molar-refractivity contribution is -0.170. The quantitative estimate of drug-likeness (QED) is 0.0348. The molecule has 6 aliphatic carbocycles. The number of carbonyl (C=O) groups excluding carboxylic acids is 6. The van der Waals surface area contributed by atoms with Gasteiger partial charge in [-0.1, -0.05) is 226 Å². The second-order valence-electron chi connectivity index (χ2n) is 30.8. The minimum atomic E-state index is -4.77. The Morgan fingerprint density at radius 2 is 0.463 bits per heavy atom. The molecule has 0 amide bonds. The third kappa shape index (κ3) is 24.2. The fraction of sp³-hybridized carbons (Fsp3) is 0.419. The van der Waals surface area contributed by atoms with Gasteiger partial charge in [-0.2, -0.15) is 79.0 Å². The van der Waals surface area contributed by atoms with Crippen molar-refractivity contribution >= 4 is 35.8 Å². The summed E-state index contributed by atoms with van der Waals surface area (Å²) < 4.78 is 257. The molecule has 0 heterocycles. The van der Waals surface area contributed by atoms with Crippen LogP contribution in [0.5, 0.6) is 0 Å². The number of ether oxygens (including phenoxy) is 6. The van der Waals surface area contributed by atoms with Crippen LogP contribution in [0, 0.1) is 0 Å². The van der Waals surface area contributed by atoms with Crippen LogP contribution < -0.4 is 0 Å². The summed E-state index contributed by atoms with van der Waals surface area (Å²) in [5, 5.41) is 0. The van der Waals surface area contributed by atoms with Crippen molar-refractivity contribution in [3.63, 3.8) is 0 Å². The Bertz CT molecular complexity index is 4890. The van der Waals surface area contributed by atoms with Crippen molar-refractivity contribution in [1.29, 1.82) is 0 Å². The minimum absolute atomic E-state index is 0.431. The van der Waals surface area contributed by atoms with E-state index in [4.69, 9.17) is 28.4 Å². The minimum Gasteiger partial charge on any atom is -0.451 e. The van der Waals surface area contributed by atoms with Gasteiger partial charge in [0.1, 0.15) is 67.0 Å². The largest absolute Gasteiger partial charge is 0.451 e. The summed E-state index contributed by atoms with van der Waals surface area (Å²) in [6.07, 6.45) is -15.3. The van der Waals surface area contributed by atoms with Crippen LogP contribution in [0.3, 0.4) is 0 Å². The Labute approximate surface area is 701 Å². The predicted molar refractivity (Wildman–Crippen MR) is 422 cm³/mol. The monoisotopic (exact) mass is 1750 g/mol. The SMILES string of the molecule is C=C(C(=O)OC1(C)CCCc2ccccc21)C(F)(F)F.C=C(C(=O)OC1(C)CCc2ccccc21)C(F)(F)F.C=C(C(=O)OC1(CC)CCCc2ccccc21)C(F)(F)F.C=C(C(=O)OC1(CC)CCc2ccccc21)C(F)(F)F.C=C(C(=O)OC1(CCC)CCCc2ccccc21)C(F)(F)F.C=C(C(=O)OC1(CCC)CCc2ccccc21)C(F)(F)F. The molecule has 6 unspecified atom stereocenters. The van der Waals surface area contributed by atoms with Gasteiger partial charge in [0, 0.05) is 0 Å². The summed E-state index contributed by atoms with van der Waals surface area (Å²) in [4.78, 5) is 70.3. The molecular weight excluding hydrogens is 1650 g/mol. The summed E-state index contributed by atoms with van der Waals surface area (Å²) in [7, 11) is 0. The number of alkyl halides is 18. The van der Waals surface area contributed by atoms with Crippen LogP contribution in [0.2, 0.25) is 0 Å². The Kier molecular flexibility index (Phi) is 32.2. The first-order chi connectivity index (χ1) is 57.2. The van der Waals surface area contributed by atoms with E-state index in [9.17, 15) is 108 Å².